The van der Waals surface area contributed by atoms with Crippen LogP contribution < -0.4 is 4.74 Å². The van der Waals surface area contributed by atoms with Crippen molar-refractivity contribution in [2.75, 3.05) is 6.61 Å². The fourth-order valence-electron chi connectivity index (χ4n) is 1.97. The van der Waals surface area contributed by atoms with Gasteiger partial charge in [-0.2, -0.15) is 13.2 Å². The Morgan fingerprint density at radius 2 is 2.06 bits per heavy atom. The summed E-state index contributed by atoms with van der Waals surface area (Å²) in [6.07, 6.45) is -2.50. The maximum absolute atomic E-state index is 12.9. The van der Waals surface area contributed by atoms with Crippen molar-refractivity contribution in [2.45, 2.75) is 38.7 Å². The third kappa shape index (κ3) is 2.96. The van der Waals surface area contributed by atoms with E-state index >= 15 is 0 Å². The van der Waals surface area contributed by atoms with E-state index in [1.54, 1.807) is 13.0 Å². The summed E-state index contributed by atoms with van der Waals surface area (Å²) in [7, 11) is 0. The minimum Gasteiger partial charge on any atom is -0.464 e. The predicted molar refractivity (Wildman–Crippen MR) is 60.4 cm³/mol. The summed E-state index contributed by atoms with van der Waals surface area (Å²) < 4.78 is 49.3. The minimum absolute atomic E-state index is 0.114. The van der Waals surface area contributed by atoms with Gasteiger partial charge in [-0.05, 0) is 31.4 Å². The second-order valence-corrected chi connectivity index (χ2v) is 4.36. The SMILES string of the molecule is Cc1cccc(C(F)(F)F)c1OC1CCCCO1. The normalized spacial score (nSPS) is 20.8. The van der Waals surface area contributed by atoms with E-state index in [1.165, 1.54) is 6.07 Å². The summed E-state index contributed by atoms with van der Waals surface area (Å²) in [6.45, 7) is 2.14. The third-order valence-electron chi connectivity index (χ3n) is 2.90. The second-order valence-electron chi connectivity index (χ2n) is 4.36. The zero-order chi connectivity index (χ0) is 13.2. The van der Waals surface area contributed by atoms with Gasteiger partial charge in [0.2, 0.25) is 0 Å². The van der Waals surface area contributed by atoms with Crippen LogP contribution in [0.3, 0.4) is 0 Å². The summed E-state index contributed by atoms with van der Waals surface area (Å²) in [4.78, 5) is 0. The van der Waals surface area contributed by atoms with Gasteiger partial charge in [0.15, 0.2) is 6.29 Å². The van der Waals surface area contributed by atoms with Gasteiger partial charge in [-0.3, -0.25) is 0 Å². The molecule has 1 fully saturated rings. The van der Waals surface area contributed by atoms with Crippen molar-refractivity contribution in [3.63, 3.8) is 0 Å². The van der Waals surface area contributed by atoms with Crippen LogP contribution in [0.5, 0.6) is 5.75 Å². The van der Waals surface area contributed by atoms with Gasteiger partial charge in [0.25, 0.3) is 0 Å². The first-order valence-electron chi connectivity index (χ1n) is 5.93. The quantitative estimate of drug-likeness (QED) is 0.802. The van der Waals surface area contributed by atoms with E-state index < -0.39 is 18.0 Å². The molecule has 1 saturated heterocycles. The van der Waals surface area contributed by atoms with E-state index in [9.17, 15) is 13.2 Å². The highest BCUT2D eigenvalue weighted by Crippen LogP contribution is 2.38. The van der Waals surface area contributed by atoms with Crippen molar-refractivity contribution in [1.82, 2.24) is 0 Å². The molecule has 0 N–H and O–H groups in total. The third-order valence-corrected chi connectivity index (χ3v) is 2.90. The molecule has 0 radical (unpaired) electrons. The molecular weight excluding hydrogens is 245 g/mol. The highest BCUT2D eigenvalue weighted by Gasteiger charge is 2.35. The number of hydrogen-bond donors (Lipinski definition) is 0. The predicted octanol–water partition coefficient (Wildman–Crippen LogP) is 3.92. The number of hydrogen-bond acceptors (Lipinski definition) is 2. The molecule has 0 saturated carbocycles. The lowest BCUT2D eigenvalue weighted by Gasteiger charge is -2.26. The van der Waals surface area contributed by atoms with E-state index in [2.05, 4.69) is 0 Å². The fourth-order valence-corrected chi connectivity index (χ4v) is 1.97. The van der Waals surface area contributed by atoms with Gasteiger partial charge in [0.1, 0.15) is 5.75 Å². The highest BCUT2D eigenvalue weighted by atomic mass is 19.4. The maximum Gasteiger partial charge on any atom is 0.419 e. The second kappa shape index (κ2) is 5.18. The molecule has 1 unspecified atom stereocenters. The molecule has 1 atom stereocenters. The molecule has 100 valence electrons. The maximum atomic E-state index is 12.9. The highest BCUT2D eigenvalue weighted by molar-refractivity contribution is 5.42. The lowest BCUT2D eigenvalue weighted by atomic mass is 10.1. The number of halogens is 3. The van der Waals surface area contributed by atoms with Gasteiger partial charge in [0.05, 0.1) is 12.2 Å². The van der Waals surface area contributed by atoms with Crippen LogP contribution in [0.4, 0.5) is 13.2 Å². The van der Waals surface area contributed by atoms with E-state index in [0.717, 1.165) is 18.9 Å². The van der Waals surface area contributed by atoms with Crippen molar-refractivity contribution in [1.29, 1.82) is 0 Å². The molecule has 2 nitrogen and oxygen atoms in total. The lowest BCUT2D eigenvalue weighted by Crippen LogP contribution is -2.26. The first kappa shape index (κ1) is 13.2. The number of benzene rings is 1. The molecule has 18 heavy (non-hydrogen) atoms. The number of alkyl halides is 3. The first-order valence-corrected chi connectivity index (χ1v) is 5.93. The topological polar surface area (TPSA) is 18.5 Å². The zero-order valence-electron chi connectivity index (χ0n) is 10.1. The van der Waals surface area contributed by atoms with Crippen LogP contribution in [0.2, 0.25) is 0 Å². The first-order chi connectivity index (χ1) is 8.48. The summed E-state index contributed by atoms with van der Waals surface area (Å²) in [5, 5.41) is 0. The molecule has 0 aromatic heterocycles. The number of ether oxygens (including phenoxy) is 2. The van der Waals surface area contributed by atoms with Crippen LogP contribution in [0.15, 0.2) is 18.2 Å². The van der Waals surface area contributed by atoms with E-state index in [4.69, 9.17) is 9.47 Å². The van der Waals surface area contributed by atoms with Crippen molar-refractivity contribution >= 4 is 0 Å². The molecule has 1 aromatic rings. The molecule has 0 spiro atoms. The van der Waals surface area contributed by atoms with Crippen LogP contribution in [0, 0.1) is 6.92 Å². The van der Waals surface area contributed by atoms with Gasteiger partial charge < -0.3 is 9.47 Å². The molecular formula is C13H15F3O2. The Kier molecular flexibility index (Phi) is 3.80. The number of aryl methyl sites for hydroxylation is 1. The van der Waals surface area contributed by atoms with Crippen LogP contribution in [-0.4, -0.2) is 12.9 Å². The van der Waals surface area contributed by atoms with Gasteiger partial charge in [-0.1, -0.05) is 12.1 Å². The summed E-state index contributed by atoms with van der Waals surface area (Å²) in [5.41, 5.74) is -0.268. The van der Waals surface area contributed by atoms with Crippen LogP contribution >= 0.6 is 0 Å². The zero-order valence-corrected chi connectivity index (χ0v) is 10.1. The van der Waals surface area contributed by atoms with Crippen molar-refractivity contribution in [2.24, 2.45) is 0 Å². The Morgan fingerprint density at radius 3 is 2.67 bits per heavy atom. The van der Waals surface area contributed by atoms with Crippen LogP contribution in [0.25, 0.3) is 0 Å². The minimum atomic E-state index is -4.41. The average molecular weight is 260 g/mol. The number of rotatable bonds is 2. The molecule has 0 amide bonds. The summed E-state index contributed by atoms with van der Waals surface area (Å²) in [6, 6.07) is 4.02. The molecule has 1 aliphatic heterocycles. The van der Waals surface area contributed by atoms with E-state index in [-0.39, 0.29) is 5.75 Å². The Balaban J connectivity index is 2.25. The van der Waals surface area contributed by atoms with Crippen LogP contribution in [-0.2, 0) is 10.9 Å². The Morgan fingerprint density at radius 1 is 1.28 bits per heavy atom. The smallest absolute Gasteiger partial charge is 0.419 e. The van der Waals surface area contributed by atoms with E-state index in [1.807, 2.05) is 0 Å². The largest absolute Gasteiger partial charge is 0.464 e. The summed E-state index contributed by atoms with van der Waals surface area (Å²) >= 11 is 0. The molecule has 0 aliphatic carbocycles. The Hall–Kier alpha value is -1.23. The fraction of sp³-hybridized carbons (Fsp3) is 0.538. The molecule has 2 rings (SSSR count). The average Bonchev–Trinajstić information content (AvgIpc) is 2.32. The van der Waals surface area contributed by atoms with Crippen molar-refractivity contribution in [3.05, 3.63) is 29.3 Å². The molecule has 1 aromatic carbocycles. The standard InChI is InChI=1S/C13H15F3O2/c1-9-5-4-6-10(13(14,15)16)12(9)18-11-7-2-3-8-17-11/h4-6,11H,2-3,7-8H2,1H3. The molecule has 1 heterocycles. The van der Waals surface area contributed by atoms with Gasteiger partial charge in [0, 0.05) is 6.42 Å². The van der Waals surface area contributed by atoms with Gasteiger partial charge in [-0.25, -0.2) is 0 Å². The Bertz CT molecular complexity index is 409. The van der Waals surface area contributed by atoms with Gasteiger partial charge >= 0.3 is 6.18 Å². The molecule has 1 aliphatic rings. The van der Waals surface area contributed by atoms with E-state index in [0.29, 0.717) is 18.6 Å². The molecule has 0 bridgehead atoms. The van der Waals surface area contributed by atoms with Crippen molar-refractivity contribution in [3.8, 4) is 5.75 Å². The molecule has 5 heteroatoms. The lowest BCUT2D eigenvalue weighted by molar-refractivity contribution is -0.145. The summed E-state index contributed by atoms with van der Waals surface area (Å²) in [5.74, 6) is -0.114. The Labute approximate surface area is 104 Å². The number of para-hydroxylation sites is 1. The van der Waals surface area contributed by atoms with Crippen LogP contribution in [0.1, 0.15) is 30.4 Å². The van der Waals surface area contributed by atoms with Crippen molar-refractivity contribution < 1.29 is 22.6 Å². The van der Waals surface area contributed by atoms with Gasteiger partial charge in [-0.15, -0.1) is 0 Å². The monoisotopic (exact) mass is 260 g/mol.